The molecule has 0 saturated carbocycles. The van der Waals surface area contributed by atoms with Crippen molar-refractivity contribution in [2.75, 3.05) is 39.3 Å². The maximum atomic E-state index is 14.5. The van der Waals surface area contributed by atoms with Gasteiger partial charge in [-0.15, -0.1) is 0 Å². The number of benzene rings is 1. The number of rotatable bonds is 6. The van der Waals surface area contributed by atoms with E-state index >= 15 is 0 Å². The fourth-order valence-electron chi connectivity index (χ4n) is 3.23. The van der Waals surface area contributed by atoms with Crippen molar-refractivity contribution in [2.24, 2.45) is 0 Å². The monoisotopic (exact) mass is 359 g/mol. The predicted octanol–water partition coefficient (Wildman–Crippen LogP) is 1.65. The van der Waals surface area contributed by atoms with E-state index in [0.29, 0.717) is 17.8 Å². The summed E-state index contributed by atoms with van der Waals surface area (Å²) in [5, 5.41) is 10.5. The highest BCUT2D eigenvalue weighted by atomic mass is 19.1. The summed E-state index contributed by atoms with van der Waals surface area (Å²) in [5.41, 5.74) is 2.36. The number of hydrogen-bond acceptors (Lipinski definition) is 4. The fourth-order valence-corrected chi connectivity index (χ4v) is 3.23. The van der Waals surface area contributed by atoms with Gasteiger partial charge in [-0.05, 0) is 51.1 Å². The van der Waals surface area contributed by atoms with Crippen LogP contribution in [0.4, 0.5) is 4.39 Å². The van der Waals surface area contributed by atoms with E-state index in [1.807, 2.05) is 19.9 Å². The van der Waals surface area contributed by atoms with Crippen molar-refractivity contribution in [3.05, 3.63) is 47.0 Å². The number of carbonyl (C=O) groups excluding carboxylic acids is 1. The standard InChI is InChI=1S/C19H26FN5O/c1-14-12-15(2)25(23-14)18-5-4-16(13-17(18)20)19(26)22-6-3-9-24-10-7-21-8-11-24/h4-5,12-13,21H,3,6-11H2,1-2H3,(H,22,26). The van der Waals surface area contributed by atoms with Crippen LogP contribution in [-0.2, 0) is 0 Å². The largest absolute Gasteiger partial charge is 0.352 e. The summed E-state index contributed by atoms with van der Waals surface area (Å²) < 4.78 is 16.0. The zero-order valence-corrected chi connectivity index (χ0v) is 15.4. The van der Waals surface area contributed by atoms with Crippen LogP contribution in [0.25, 0.3) is 5.69 Å². The fraction of sp³-hybridized carbons (Fsp3) is 0.474. The first-order valence-corrected chi connectivity index (χ1v) is 9.09. The normalized spacial score (nSPS) is 15.2. The van der Waals surface area contributed by atoms with Gasteiger partial charge in [-0.1, -0.05) is 0 Å². The van der Waals surface area contributed by atoms with Crippen LogP contribution >= 0.6 is 0 Å². The molecule has 1 aliphatic rings. The minimum Gasteiger partial charge on any atom is -0.352 e. The third-order valence-electron chi connectivity index (χ3n) is 4.59. The maximum Gasteiger partial charge on any atom is 0.251 e. The Morgan fingerprint density at radius 1 is 1.27 bits per heavy atom. The highest BCUT2D eigenvalue weighted by molar-refractivity contribution is 5.94. The second-order valence-corrected chi connectivity index (χ2v) is 6.71. The van der Waals surface area contributed by atoms with E-state index < -0.39 is 5.82 Å². The Morgan fingerprint density at radius 2 is 2.04 bits per heavy atom. The molecule has 1 saturated heterocycles. The Hall–Kier alpha value is -2.25. The summed E-state index contributed by atoms with van der Waals surface area (Å²) in [4.78, 5) is 14.6. The molecule has 1 aromatic carbocycles. The van der Waals surface area contributed by atoms with Gasteiger partial charge in [-0.25, -0.2) is 9.07 Å². The lowest BCUT2D eigenvalue weighted by atomic mass is 10.1. The number of carbonyl (C=O) groups is 1. The number of nitrogens with zero attached hydrogens (tertiary/aromatic N) is 3. The number of piperazine rings is 1. The molecule has 0 atom stereocenters. The van der Waals surface area contributed by atoms with Gasteiger partial charge in [0.05, 0.1) is 5.69 Å². The molecule has 1 aromatic heterocycles. The SMILES string of the molecule is Cc1cc(C)n(-c2ccc(C(=O)NCCCN3CCNCC3)cc2F)n1. The molecule has 3 rings (SSSR count). The van der Waals surface area contributed by atoms with Crippen molar-refractivity contribution in [3.63, 3.8) is 0 Å². The van der Waals surface area contributed by atoms with Crippen LogP contribution in [0, 0.1) is 19.7 Å². The Labute approximate surface area is 153 Å². The first kappa shape index (κ1) is 18.5. The van der Waals surface area contributed by atoms with Gasteiger partial charge in [-0.2, -0.15) is 5.10 Å². The van der Waals surface area contributed by atoms with Gasteiger partial charge < -0.3 is 15.5 Å². The van der Waals surface area contributed by atoms with Crippen molar-refractivity contribution in [1.29, 1.82) is 0 Å². The average Bonchev–Trinajstić information content (AvgIpc) is 2.97. The molecular weight excluding hydrogens is 333 g/mol. The van der Waals surface area contributed by atoms with Gasteiger partial charge in [0, 0.05) is 44.0 Å². The number of halogens is 1. The minimum absolute atomic E-state index is 0.246. The van der Waals surface area contributed by atoms with Gasteiger partial charge in [0.2, 0.25) is 0 Å². The molecule has 2 heterocycles. The molecular formula is C19H26FN5O. The summed E-state index contributed by atoms with van der Waals surface area (Å²) in [6.07, 6.45) is 0.887. The predicted molar refractivity (Wildman–Crippen MR) is 99.3 cm³/mol. The maximum absolute atomic E-state index is 14.5. The third kappa shape index (κ3) is 4.47. The van der Waals surface area contributed by atoms with E-state index in [1.54, 1.807) is 16.8 Å². The molecule has 0 bridgehead atoms. The van der Waals surface area contributed by atoms with E-state index in [2.05, 4.69) is 20.6 Å². The van der Waals surface area contributed by atoms with Gasteiger partial charge >= 0.3 is 0 Å². The van der Waals surface area contributed by atoms with E-state index in [0.717, 1.165) is 50.5 Å². The molecule has 1 fully saturated rings. The molecule has 0 radical (unpaired) electrons. The lowest BCUT2D eigenvalue weighted by molar-refractivity contribution is 0.0951. The number of aryl methyl sites for hydroxylation is 2. The molecule has 2 N–H and O–H groups in total. The quantitative estimate of drug-likeness (QED) is 0.770. The average molecular weight is 359 g/mol. The lowest BCUT2D eigenvalue weighted by Crippen LogP contribution is -2.44. The van der Waals surface area contributed by atoms with Crippen molar-refractivity contribution in [3.8, 4) is 5.69 Å². The summed E-state index contributed by atoms with van der Waals surface area (Å²) in [6.45, 7) is 9.43. The Bertz CT molecular complexity index is 767. The molecule has 1 amide bonds. The number of nitrogens with one attached hydrogen (secondary N) is 2. The summed E-state index contributed by atoms with van der Waals surface area (Å²) in [5.74, 6) is -0.700. The van der Waals surface area contributed by atoms with Gasteiger partial charge in [0.1, 0.15) is 11.5 Å². The number of aromatic nitrogens is 2. The highest BCUT2D eigenvalue weighted by Gasteiger charge is 2.13. The molecule has 6 nitrogen and oxygen atoms in total. The van der Waals surface area contributed by atoms with Crippen LogP contribution in [-0.4, -0.2) is 59.9 Å². The van der Waals surface area contributed by atoms with Crippen LogP contribution < -0.4 is 10.6 Å². The zero-order chi connectivity index (χ0) is 18.5. The summed E-state index contributed by atoms with van der Waals surface area (Å²) >= 11 is 0. The summed E-state index contributed by atoms with van der Waals surface area (Å²) in [7, 11) is 0. The molecule has 1 aliphatic heterocycles. The molecule has 26 heavy (non-hydrogen) atoms. The van der Waals surface area contributed by atoms with Crippen molar-refractivity contribution in [1.82, 2.24) is 25.3 Å². The second kappa shape index (κ2) is 8.42. The first-order chi connectivity index (χ1) is 12.5. The van der Waals surface area contributed by atoms with Gasteiger partial charge in [0.15, 0.2) is 0 Å². The zero-order valence-electron chi connectivity index (χ0n) is 15.4. The molecule has 2 aromatic rings. The van der Waals surface area contributed by atoms with Gasteiger partial charge in [0.25, 0.3) is 5.91 Å². The van der Waals surface area contributed by atoms with E-state index in [4.69, 9.17) is 0 Å². The van der Waals surface area contributed by atoms with Gasteiger partial charge in [-0.3, -0.25) is 4.79 Å². The van der Waals surface area contributed by atoms with E-state index in [1.165, 1.54) is 6.07 Å². The Balaban J connectivity index is 1.54. The molecule has 7 heteroatoms. The van der Waals surface area contributed by atoms with Crippen LogP contribution in [0.3, 0.4) is 0 Å². The summed E-state index contributed by atoms with van der Waals surface area (Å²) in [6, 6.07) is 6.40. The van der Waals surface area contributed by atoms with Crippen molar-refractivity contribution >= 4 is 5.91 Å². The second-order valence-electron chi connectivity index (χ2n) is 6.71. The highest BCUT2D eigenvalue weighted by Crippen LogP contribution is 2.17. The first-order valence-electron chi connectivity index (χ1n) is 9.09. The minimum atomic E-state index is -0.454. The molecule has 0 aliphatic carbocycles. The van der Waals surface area contributed by atoms with Crippen molar-refractivity contribution in [2.45, 2.75) is 20.3 Å². The van der Waals surface area contributed by atoms with E-state index in [-0.39, 0.29) is 5.91 Å². The van der Waals surface area contributed by atoms with E-state index in [9.17, 15) is 9.18 Å². The molecule has 0 unspecified atom stereocenters. The number of hydrogen-bond donors (Lipinski definition) is 2. The van der Waals surface area contributed by atoms with Crippen LogP contribution in [0.2, 0.25) is 0 Å². The van der Waals surface area contributed by atoms with Crippen LogP contribution in [0.5, 0.6) is 0 Å². The van der Waals surface area contributed by atoms with Crippen molar-refractivity contribution < 1.29 is 9.18 Å². The number of amides is 1. The third-order valence-corrected chi connectivity index (χ3v) is 4.59. The lowest BCUT2D eigenvalue weighted by Gasteiger charge is -2.27. The van der Waals surface area contributed by atoms with Crippen LogP contribution in [0.1, 0.15) is 28.2 Å². The Morgan fingerprint density at radius 3 is 2.69 bits per heavy atom. The molecule has 140 valence electrons. The smallest absolute Gasteiger partial charge is 0.251 e. The Kier molecular flexibility index (Phi) is 6.00. The molecule has 0 spiro atoms. The van der Waals surface area contributed by atoms with Crippen LogP contribution in [0.15, 0.2) is 24.3 Å². The topological polar surface area (TPSA) is 62.2 Å².